The zero-order valence-electron chi connectivity index (χ0n) is 30.4. The molecule has 0 aliphatic heterocycles. The fraction of sp³-hybridized carbons (Fsp3) is 0.125. The number of rotatable bonds is 8. The molecule has 0 radical (unpaired) electrons. The Kier molecular flexibility index (Phi) is 8.44. The molecule has 0 spiro atoms. The normalized spacial score (nSPS) is 11.8. The van der Waals surface area contributed by atoms with Gasteiger partial charge in [-0.05, 0) is 88.7 Å². The van der Waals surface area contributed by atoms with Crippen LogP contribution in [0.3, 0.4) is 0 Å². The van der Waals surface area contributed by atoms with Crippen molar-refractivity contribution in [2.75, 3.05) is 0 Å². The van der Waals surface area contributed by atoms with E-state index in [1.165, 1.54) is 48.3 Å². The molecule has 0 unspecified atom stereocenters. The minimum absolute atomic E-state index is 0.410. The largest absolute Gasteiger partial charge is 0.294 e. The topological polar surface area (TPSA) is 27.7 Å². The Morgan fingerprint density at radius 1 is 0.509 bits per heavy atom. The van der Waals surface area contributed by atoms with Crippen molar-refractivity contribution in [2.24, 2.45) is 0 Å². The van der Waals surface area contributed by atoms with E-state index in [0.717, 1.165) is 33.7 Å². The van der Waals surface area contributed by atoms with Gasteiger partial charge in [-0.15, -0.1) is 0 Å². The Hall–Kier alpha value is -5.91. The molecular weight excluding hydrogens is 665 g/mol. The Morgan fingerprint density at radius 2 is 1.11 bits per heavy atom. The zero-order valence-corrected chi connectivity index (χ0v) is 31.3. The summed E-state index contributed by atoms with van der Waals surface area (Å²) in [5, 5.41) is 2.45. The van der Waals surface area contributed by atoms with Crippen LogP contribution < -0.4 is 0 Å². The lowest BCUT2D eigenvalue weighted by Gasteiger charge is -2.20. The van der Waals surface area contributed by atoms with Crippen LogP contribution in [0.25, 0.3) is 61.2 Å². The number of nitrogens with zero attached hydrogens (tertiary/aromatic N) is 4. The van der Waals surface area contributed by atoms with Crippen molar-refractivity contribution < 1.29 is 0 Å². The van der Waals surface area contributed by atoms with Gasteiger partial charge in [0, 0.05) is 45.0 Å². The monoisotopic (exact) mass is 705 g/mol. The summed E-state index contributed by atoms with van der Waals surface area (Å²) in [5.74, 6) is 1.75. The molecule has 0 aliphatic rings. The number of pyridine rings is 1. The Morgan fingerprint density at radius 3 is 1.85 bits per heavy atom. The summed E-state index contributed by atoms with van der Waals surface area (Å²) in [5.41, 5.74) is 12.2. The third-order valence-corrected chi connectivity index (χ3v) is 11.3. The van der Waals surface area contributed by atoms with Gasteiger partial charge in [0.2, 0.25) is 0 Å². The van der Waals surface area contributed by atoms with Gasteiger partial charge < -0.3 is 0 Å². The van der Waals surface area contributed by atoms with Crippen molar-refractivity contribution in [3.63, 3.8) is 0 Å². The van der Waals surface area contributed by atoms with Crippen LogP contribution in [-0.4, -0.2) is 18.7 Å². The predicted octanol–water partition coefficient (Wildman–Crippen LogP) is 13.3. The SMILES string of the molecule is CC(C)c1cccc(C(C)C)c1-c1ccnc(-n2c3ccccc3c3ccc(Sc4cccc(-n5[cH+]n(-c6ccccc6)c6ccccc65)c4)cc32)c1. The van der Waals surface area contributed by atoms with Crippen molar-refractivity contribution in [1.29, 1.82) is 0 Å². The average Bonchev–Trinajstić information content (AvgIpc) is 3.74. The highest BCUT2D eigenvalue weighted by molar-refractivity contribution is 7.99. The molecule has 3 heterocycles. The molecule has 0 saturated heterocycles. The van der Waals surface area contributed by atoms with E-state index in [-0.39, 0.29) is 0 Å². The first-order chi connectivity index (χ1) is 25.9. The number of benzene rings is 6. The third kappa shape index (κ3) is 5.91. The number of hydrogen-bond acceptors (Lipinski definition) is 2. The summed E-state index contributed by atoms with van der Waals surface area (Å²) >= 11 is 1.79. The van der Waals surface area contributed by atoms with Crippen LogP contribution in [0.2, 0.25) is 0 Å². The molecule has 9 aromatic rings. The highest BCUT2D eigenvalue weighted by Crippen LogP contribution is 2.40. The van der Waals surface area contributed by atoms with E-state index < -0.39 is 0 Å². The van der Waals surface area contributed by atoms with Gasteiger partial charge in [0.05, 0.1) is 11.0 Å². The van der Waals surface area contributed by atoms with Gasteiger partial charge >= 0.3 is 0 Å². The summed E-state index contributed by atoms with van der Waals surface area (Å²) < 4.78 is 6.89. The molecule has 0 fully saturated rings. The van der Waals surface area contributed by atoms with E-state index in [9.17, 15) is 0 Å². The first-order valence-electron chi connectivity index (χ1n) is 18.4. The van der Waals surface area contributed by atoms with Gasteiger partial charge in [0.1, 0.15) is 17.2 Å². The fourth-order valence-corrected chi connectivity index (χ4v) is 8.69. The summed E-state index contributed by atoms with van der Waals surface area (Å²) in [6.07, 6.45) is 4.17. The number of imidazole rings is 1. The van der Waals surface area contributed by atoms with Crippen molar-refractivity contribution in [3.05, 3.63) is 175 Å². The van der Waals surface area contributed by atoms with Crippen LogP contribution in [0.1, 0.15) is 50.7 Å². The predicted molar refractivity (Wildman–Crippen MR) is 223 cm³/mol. The van der Waals surface area contributed by atoms with Gasteiger partial charge in [-0.3, -0.25) is 4.57 Å². The smallest absolute Gasteiger partial charge is 0.168 e. The van der Waals surface area contributed by atoms with E-state index in [4.69, 9.17) is 4.98 Å². The maximum atomic E-state index is 5.02. The zero-order chi connectivity index (χ0) is 36.1. The standard InChI is InChI=1S/C48H41N4S/c1-32(2)39-19-13-20-40(33(3)4)48(39)34-26-27-49-47(28-34)52-43-21-9-8-18-41(43)42-25-24-38(30-46(42)52)53-37-17-12-16-36(29-37)51-31-50(35-14-6-5-7-15-35)44-22-10-11-23-45(44)51/h5-33H,1-4H3/q+1. The van der Waals surface area contributed by atoms with Crippen molar-refractivity contribution in [1.82, 2.24) is 18.7 Å². The van der Waals surface area contributed by atoms with Crippen LogP contribution in [0.4, 0.5) is 0 Å². The van der Waals surface area contributed by atoms with Gasteiger partial charge in [0.15, 0.2) is 17.4 Å². The van der Waals surface area contributed by atoms with Crippen LogP contribution >= 0.6 is 11.8 Å². The third-order valence-electron chi connectivity index (χ3n) is 10.3. The molecule has 0 bridgehead atoms. The molecule has 5 heteroatoms. The lowest BCUT2D eigenvalue weighted by atomic mass is 9.85. The Balaban J connectivity index is 1.13. The first kappa shape index (κ1) is 33.0. The van der Waals surface area contributed by atoms with Gasteiger partial charge in [0.25, 0.3) is 0 Å². The summed E-state index contributed by atoms with van der Waals surface area (Å²) in [7, 11) is 0. The number of aromatic nitrogens is 4. The number of para-hydroxylation sites is 4. The minimum atomic E-state index is 0.410. The molecule has 9 rings (SSSR count). The summed E-state index contributed by atoms with van der Waals surface area (Å²) in [6.45, 7) is 9.15. The number of hydrogen-bond donors (Lipinski definition) is 0. The molecule has 0 saturated carbocycles. The van der Waals surface area contributed by atoms with Crippen molar-refractivity contribution in [2.45, 2.75) is 49.3 Å². The molecule has 0 amide bonds. The second-order valence-electron chi connectivity index (χ2n) is 14.3. The first-order valence-corrected chi connectivity index (χ1v) is 19.2. The van der Waals surface area contributed by atoms with Crippen LogP contribution in [0.5, 0.6) is 0 Å². The highest BCUT2D eigenvalue weighted by atomic mass is 32.2. The average molecular weight is 706 g/mol. The van der Waals surface area contributed by atoms with E-state index in [2.05, 4.69) is 199 Å². The molecule has 3 aromatic heterocycles. The van der Waals surface area contributed by atoms with Crippen LogP contribution in [0, 0.1) is 0 Å². The molecule has 53 heavy (non-hydrogen) atoms. The molecule has 258 valence electrons. The fourth-order valence-electron chi connectivity index (χ4n) is 7.79. The van der Waals surface area contributed by atoms with E-state index in [1.54, 1.807) is 11.8 Å². The van der Waals surface area contributed by atoms with Gasteiger partial charge in [-0.1, -0.05) is 118 Å². The van der Waals surface area contributed by atoms with Gasteiger partial charge in [-0.2, -0.15) is 9.13 Å². The lowest BCUT2D eigenvalue weighted by Crippen LogP contribution is -2.02. The van der Waals surface area contributed by atoms with Gasteiger partial charge in [-0.25, -0.2) is 4.98 Å². The Labute approximate surface area is 315 Å². The summed E-state index contributed by atoms with van der Waals surface area (Å²) in [6, 6.07) is 54.7. The van der Waals surface area contributed by atoms with Crippen LogP contribution in [-0.2, 0) is 0 Å². The molecular formula is C48H41N4S+. The quantitative estimate of drug-likeness (QED) is 0.147. The second-order valence-corrected chi connectivity index (χ2v) is 15.5. The molecule has 0 atom stereocenters. The van der Waals surface area contributed by atoms with Crippen molar-refractivity contribution >= 4 is 44.6 Å². The summed E-state index contributed by atoms with van der Waals surface area (Å²) in [4.78, 5) is 7.38. The second kappa shape index (κ2) is 13.6. The molecule has 6 aromatic carbocycles. The lowest BCUT2D eigenvalue weighted by molar-refractivity contribution is 0.838. The maximum absolute atomic E-state index is 5.02. The van der Waals surface area contributed by atoms with E-state index in [1.807, 2.05) is 6.20 Å². The minimum Gasteiger partial charge on any atom is -0.294 e. The molecule has 0 aliphatic carbocycles. The highest BCUT2D eigenvalue weighted by Gasteiger charge is 2.20. The van der Waals surface area contributed by atoms with Crippen molar-refractivity contribution in [3.8, 4) is 28.3 Å². The number of fused-ring (bicyclic) bond motifs is 4. The molecule has 4 nitrogen and oxygen atoms in total. The maximum Gasteiger partial charge on any atom is 0.168 e. The Bertz CT molecular complexity index is 2750. The molecule has 0 N–H and O–H groups in total. The van der Waals surface area contributed by atoms with E-state index in [0.29, 0.717) is 11.8 Å². The van der Waals surface area contributed by atoms with E-state index >= 15 is 0 Å². The van der Waals surface area contributed by atoms with Crippen LogP contribution in [0.15, 0.2) is 174 Å².